The van der Waals surface area contributed by atoms with Gasteiger partial charge < -0.3 is 4.74 Å². The van der Waals surface area contributed by atoms with Crippen molar-refractivity contribution in [2.75, 3.05) is 12.5 Å². The number of halogens is 1. The predicted octanol–water partition coefficient (Wildman–Crippen LogP) is 0.559. The summed E-state index contributed by atoms with van der Waals surface area (Å²) in [6.07, 6.45) is 0. The van der Waals surface area contributed by atoms with Gasteiger partial charge in [0.1, 0.15) is 5.88 Å². The molecule has 5 nitrogen and oxygen atoms in total. The monoisotopic (exact) mass is 179 g/mol. The molecule has 0 saturated heterocycles. The smallest absolute Gasteiger partial charge is 0.321 e. The molecule has 0 rings (SSSR count). The summed E-state index contributed by atoms with van der Waals surface area (Å²) < 4.78 is 4.30. The maximum absolute atomic E-state index is 10.3. The van der Waals surface area contributed by atoms with Crippen molar-refractivity contribution in [3.05, 3.63) is 22.4 Å². The normalized spacial score (nSPS) is 8.82. The van der Waals surface area contributed by atoms with Gasteiger partial charge in [-0.15, -0.1) is 11.6 Å². The molecular formula is C5H6ClNO4. The van der Waals surface area contributed by atoms with Crippen LogP contribution in [0.25, 0.3) is 0 Å². The number of alkyl halides is 1. The number of esters is 1. The lowest BCUT2D eigenvalue weighted by Gasteiger charge is -1.97. The van der Waals surface area contributed by atoms with Gasteiger partial charge in [-0.3, -0.25) is 14.9 Å². The Morgan fingerprint density at radius 1 is 1.73 bits per heavy atom. The van der Waals surface area contributed by atoms with E-state index in [1.165, 1.54) is 0 Å². The molecule has 0 N–H and O–H groups in total. The van der Waals surface area contributed by atoms with E-state index in [-0.39, 0.29) is 11.6 Å². The van der Waals surface area contributed by atoms with Crippen LogP contribution in [0.3, 0.4) is 0 Å². The summed E-state index contributed by atoms with van der Waals surface area (Å²) >= 11 is 5.04. The number of carbonyl (C=O) groups is 1. The lowest BCUT2D eigenvalue weighted by Crippen LogP contribution is -2.11. The van der Waals surface area contributed by atoms with Crippen LogP contribution in [-0.4, -0.2) is 23.4 Å². The summed E-state index contributed by atoms with van der Waals surface area (Å²) in [5.74, 6) is -1.01. The van der Waals surface area contributed by atoms with Gasteiger partial charge in [0, 0.05) is 0 Å². The summed E-state index contributed by atoms with van der Waals surface area (Å²) in [7, 11) is 0. The van der Waals surface area contributed by atoms with Gasteiger partial charge in [-0.1, -0.05) is 0 Å². The van der Waals surface area contributed by atoms with Crippen molar-refractivity contribution in [1.82, 2.24) is 0 Å². The van der Waals surface area contributed by atoms with Gasteiger partial charge in [-0.2, -0.15) is 0 Å². The van der Waals surface area contributed by atoms with Crippen molar-refractivity contribution in [1.29, 1.82) is 0 Å². The SMILES string of the molecule is C=C(COC(=O)CCl)[N+](=O)[O-]. The van der Waals surface area contributed by atoms with Crippen molar-refractivity contribution in [3.63, 3.8) is 0 Å². The highest BCUT2D eigenvalue weighted by atomic mass is 35.5. The van der Waals surface area contributed by atoms with Crippen LogP contribution in [0.2, 0.25) is 0 Å². The number of nitro groups is 1. The highest BCUT2D eigenvalue weighted by Crippen LogP contribution is 1.93. The maximum Gasteiger partial charge on any atom is 0.321 e. The van der Waals surface area contributed by atoms with Gasteiger partial charge in [0.15, 0.2) is 6.61 Å². The van der Waals surface area contributed by atoms with E-state index >= 15 is 0 Å². The van der Waals surface area contributed by atoms with Gasteiger partial charge in [-0.05, 0) is 6.58 Å². The minimum Gasteiger partial charge on any atom is -0.453 e. The number of hydrogen-bond donors (Lipinski definition) is 0. The summed E-state index contributed by atoms with van der Waals surface area (Å²) in [4.78, 5) is 19.5. The molecule has 0 aromatic rings. The highest BCUT2D eigenvalue weighted by molar-refractivity contribution is 6.26. The molecule has 0 atom stereocenters. The quantitative estimate of drug-likeness (QED) is 0.274. The maximum atomic E-state index is 10.3. The van der Waals surface area contributed by atoms with E-state index in [4.69, 9.17) is 11.6 Å². The van der Waals surface area contributed by atoms with E-state index in [1.807, 2.05) is 0 Å². The summed E-state index contributed by atoms with van der Waals surface area (Å²) in [6, 6.07) is 0. The average Bonchev–Trinajstić information content (AvgIpc) is 1.99. The third-order valence-corrected chi connectivity index (χ3v) is 0.985. The molecule has 11 heavy (non-hydrogen) atoms. The standard InChI is InChI=1S/C5H6ClNO4/c1-4(7(9)10)3-11-5(8)2-6/h1-3H2. The molecule has 0 aromatic carbocycles. The zero-order valence-corrected chi connectivity index (χ0v) is 6.34. The summed E-state index contributed by atoms with van der Waals surface area (Å²) in [6.45, 7) is 2.62. The van der Waals surface area contributed by atoms with Crippen molar-refractivity contribution < 1.29 is 14.5 Å². The van der Waals surface area contributed by atoms with Crippen LogP contribution >= 0.6 is 11.6 Å². The lowest BCUT2D eigenvalue weighted by atomic mass is 10.5. The second-order valence-corrected chi connectivity index (χ2v) is 1.88. The minimum atomic E-state index is -0.721. The molecule has 0 aliphatic carbocycles. The topological polar surface area (TPSA) is 69.4 Å². The Hall–Kier alpha value is -1.10. The van der Waals surface area contributed by atoms with E-state index in [0.29, 0.717) is 0 Å². The molecule has 0 radical (unpaired) electrons. The van der Waals surface area contributed by atoms with Crippen molar-refractivity contribution >= 4 is 17.6 Å². The zero-order valence-electron chi connectivity index (χ0n) is 5.58. The molecule has 0 aromatic heterocycles. The van der Waals surface area contributed by atoms with Crippen LogP contribution in [-0.2, 0) is 9.53 Å². The van der Waals surface area contributed by atoms with Gasteiger partial charge in [0.05, 0.1) is 4.92 Å². The molecule has 0 aliphatic rings. The number of nitrogens with zero attached hydrogens (tertiary/aromatic N) is 1. The van der Waals surface area contributed by atoms with E-state index in [0.717, 1.165) is 0 Å². The molecule has 0 unspecified atom stereocenters. The van der Waals surface area contributed by atoms with Crippen LogP contribution < -0.4 is 0 Å². The zero-order chi connectivity index (χ0) is 8.85. The van der Waals surface area contributed by atoms with Crippen LogP contribution in [0.15, 0.2) is 12.3 Å². The first kappa shape index (κ1) is 9.90. The first-order valence-electron chi connectivity index (χ1n) is 2.61. The summed E-state index contributed by atoms with van der Waals surface area (Å²) in [5.41, 5.74) is -0.372. The fourth-order valence-corrected chi connectivity index (χ4v) is 0.332. The van der Waals surface area contributed by atoms with E-state index in [1.54, 1.807) is 0 Å². The third-order valence-electron chi connectivity index (χ3n) is 0.767. The predicted molar refractivity (Wildman–Crippen MR) is 37.8 cm³/mol. The highest BCUT2D eigenvalue weighted by Gasteiger charge is 2.09. The van der Waals surface area contributed by atoms with E-state index in [9.17, 15) is 14.9 Å². The van der Waals surface area contributed by atoms with Gasteiger partial charge in [0.25, 0.3) is 5.70 Å². The summed E-state index contributed by atoms with van der Waals surface area (Å²) in [5, 5.41) is 9.88. The Bertz CT molecular complexity index is 191. The van der Waals surface area contributed by atoms with Gasteiger partial charge >= 0.3 is 5.97 Å². The number of ether oxygens (including phenoxy) is 1. The largest absolute Gasteiger partial charge is 0.453 e. The number of carbonyl (C=O) groups excluding carboxylic acids is 1. The Labute approximate surface area is 67.7 Å². The fraction of sp³-hybridized carbons (Fsp3) is 0.400. The van der Waals surface area contributed by atoms with Crippen molar-refractivity contribution in [2.24, 2.45) is 0 Å². The second-order valence-electron chi connectivity index (χ2n) is 1.62. The molecule has 0 bridgehead atoms. The number of rotatable bonds is 4. The first-order chi connectivity index (χ1) is 5.07. The molecule has 0 saturated carbocycles. The van der Waals surface area contributed by atoms with Gasteiger partial charge in [-0.25, -0.2) is 0 Å². The fourth-order valence-electron chi connectivity index (χ4n) is 0.255. The van der Waals surface area contributed by atoms with E-state index < -0.39 is 17.5 Å². The molecule has 0 fully saturated rings. The second kappa shape index (κ2) is 4.68. The van der Waals surface area contributed by atoms with Crippen LogP contribution in [0.4, 0.5) is 0 Å². The van der Waals surface area contributed by atoms with E-state index in [2.05, 4.69) is 11.3 Å². The molecule has 0 amide bonds. The molecular weight excluding hydrogens is 174 g/mol. The lowest BCUT2D eigenvalue weighted by molar-refractivity contribution is -0.429. The van der Waals surface area contributed by atoms with Crippen molar-refractivity contribution in [2.45, 2.75) is 0 Å². The minimum absolute atomic E-state index is 0.314. The molecule has 0 aliphatic heterocycles. The third kappa shape index (κ3) is 4.32. The first-order valence-corrected chi connectivity index (χ1v) is 3.15. The number of hydrogen-bond acceptors (Lipinski definition) is 4. The molecule has 0 spiro atoms. The van der Waals surface area contributed by atoms with Crippen molar-refractivity contribution in [3.8, 4) is 0 Å². The molecule has 62 valence electrons. The molecule has 0 heterocycles. The van der Waals surface area contributed by atoms with Crippen LogP contribution in [0.5, 0.6) is 0 Å². The molecule has 6 heteroatoms. The average molecular weight is 180 g/mol. The van der Waals surface area contributed by atoms with Gasteiger partial charge in [0.2, 0.25) is 0 Å². The Morgan fingerprint density at radius 2 is 2.27 bits per heavy atom. The van der Waals surface area contributed by atoms with Crippen LogP contribution in [0, 0.1) is 10.1 Å². The van der Waals surface area contributed by atoms with Crippen LogP contribution in [0.1, 0.15) is 0 Å². The Kier molecular flexibility index (Phi) is 4.21. The Morgan fingerprint density at radius 3 is 2.64 bits per heavy atom. The Balaban J connectivity index is 3.63.